The highest BCUT2D eigenvalue weighted by Gasteiger charge is 2.17. The van der Waals surface area contributed by atoms with Gasteiger partial charge in [-0.2, -0.15) is 0 Å². The number of rotatable bonds is 10. The molecule has 0 radical (unpaired) electrons. The Morgan fingerprint density at radius 1 is 1.13 bits per heavy atom. The van der Waals surface area contributed by atoms with Crippen molar-refractivity contribution in [1.29, 1.82) is 0 Å². The van der Waals surface area contributed by atoms with Crippen LogP contribution in [-0.2, 0) is 13.1 Å². The predicted octanol–water partition coefficient (Wildman–Crippen LogP) is 5.40. The highest BCUT2D eigenvalue weighted by atomic mass is 35.5. The Balaban J connectivity index is 1.81. The maximum absolute atomic E-state index is 11.8. The molecule has 0 fully saturated rings. The van der Waals surface area contributed by atoms with Gasteiger partial charge >= 0.3 is 0 Å². The topological polar surface area (TPSA) is 68.5 Å². The van der Waals surface area contributed by atoms with Crippen molar-refractivity contribution >= 4 is 17.4 Å². The van der Waals surface area contributed by atoms with E-state index in [2.05, 4.69) is 22.0 Å². The summed E-state index contributed by atoms with van der Waals surface area (Å²) in [7, 11) is 0. The van der Waals surface area contributed by atoms with Crippen molar-refractivity contribution in [3.63, 3.8) is 0 Å². The molecule has 1 aromatic heterocycles. The molecule has 3 aromatic rings. The number of halogens is 1. The number of hydrogen-bond acceptors (Lipinski definition) is 6. The van der Waals surface area contributed by atoms with Crippen LogP contribution in [0.4, 0.5) is 0 Å². The average molecular weight is 428 g/mol. The molecule has 0 amide bonds. The lowest BCUT2D eigenvalue weighted by Gasteiger charge is -2.22. The summed E-state index contributed by atoms with van der Waals surface area (Å²) in [5, 5.41) is 8.92. The van der Waals surface area contributed by atoms with Crippen molar-refractivity contribution in [1.82, 2.24) is 15.1 Å². The summed E-state index contributed by atoms with van der Waals surface area (Å²) in [5.41, 5.74) is 2.35. The molecule has 0 saturated carbocycles. The molecule has 0 aliphatic rings. The molecule has 0 aliphatic heterocycles. The van der Waals surface area contributed by atoms with Gasteiger partial charge in [-0.05, 0) is 57.1 Å². The van der Waals surface area contributed by atoms with Gasteiger partial charge in [0.15, 0.2) is 5.78 Å². The van der Waals surface area contributed by atoms with Crippen molar-refractivity contribution < 1.29 is 13.9 Å². The van der Waals surface area contributed by atoms with E-state index in [-0.39, 0.29) is 5.78 Å². The number of Topliss-reactive ketones (excluding diaryl/α,β-unsaturated/α-hetero) is 1. The molecule has 3 rings (SSSR count). The molecule has 0 saturated heterocycles. The fourth-order valence-corrected chi connectivity index (χ4v) is 3.46. The molecule has 0 bridgehead atoms. The van der Waals surface area contributed by atoms with Crippen LogP contribution in [0.15, 0.2) is 46.9 Å². The second-order valence-corrected chi connectivity index (χ2v) is 7.41. The molecule has 0 N–H and O–H groups in total. The summed E-state index contributed by atoms with van der Waals surface area (Å²) in [6.07, 6.45) is 0.960. The van der Waals surface area contributed by atoms with Crippen molar-refractivity contribution in [3.05, 3.63) is 64.5 Å². The number of carbonyl (C=O) groups excluding carboxylic acids is 1. The number of ether oxygens (including phenoxy) is 1. The molecule has 7 heteroatoms. The van der Waals surface area contributed by atoms with Gasteiger partial charge in [-0.15, -0.1) is 10.2 Å². The van der Waals surface area contributed by atoms with Gasteiger partial charge in [-0.3, -0.25) is 9.69 Å². The van der Waals surface area contributed by atoms with E-state index in [9.17, 15) is 4.79 Å². The molecule has 6 nitrogen and oxygen atoms in total. The lowest BCUT2D eigenvalue weighted by molar-refractivity contribution is 0.101. The molecular weight excluding hydrogens is 402 g/mol. The maximum atomic E-state index is 11.8. The minimum atomic E-state index is 0.0302. The molecule has 0 aliphatic carbocycles. The Bertz CT molecular complexity index is 1000. The van der Waals surface area contributed by atoms with Gasteiger partial charge in [0, 0.05) is 17.7 Å². The van der Waals surface area contributed by atoms with E-state index in [1.54, 1.807) is 19.1 Å². The van der Waals surface area contributed by atoms with E-state index in [0.717, 1.165) is 24.3 Å². The molecule has 1 heterocycles. The van der Waals surface area contributed by atoms with Crippen LogP contribution in [0.25, 0.3) is 11.5 Å². The van der Waals surface area contributed by atoms with Crippen molar-refractivity contribution in [3.8, 4) is 17.2 Å². The number of ketones is 1. The monoisotopic (exact) mass is 427 g/mol. The van der Waals surface area contributed by atoms with Crippen LogP contribution in [0.1, 0.15) is 49.0 Å². The first kappa shape index (κ1) is 22.0. The lowest BCUT2D eigenvalue weighted by Crippen LogP contribution is -2.24. The average Bonchev–Trinajstić information content (AvgIpc) is 3.18. The van der Waals surface area contributed by atoms with Gasteiger partial charge in [-0.1, -0.05) is 30.7 Å². The zero-order valence-electron chi connectivity index (χ0n) is 17.5. The number of hydrogen-bond donors (Lipinski definition) is 0. The van der Waals surface area contributed by atoms with E-state index < -0.39 is 0 Å². The van der Waals surface area contributed by atoms with Gasteiger partial charge in [0.2, 0.25) is 11.8 Å². The summed E-state index contributed by atoms with van der Waals surface area (Å²) in [6.45, 7) is 8.12. The van der Waals surface area contributed by atoms with Crippen LogP contribution >= 0.6 is 11.6 Å². The quantitative estimate of drug-likeness (QED) is 0.403. The van der Waals surface area contributed by atoms with E-state index in [1.807, 2.05) is 37.3 Å². The Hall–Kier alpha value is -2.70. The summed E-state index contributed by atoms with van der Waals surface area (Å²) in [6, 6.07) is 12.9. The Labute approximate surface area is 181 Å². The molecule has 0 unspecified atom stereocenters. The number of benzene rings is 2. The predicted molar refractivity (Wildman–Crippen MR) is 117 cm³/mol. The molecule has 158 valence electrons. The smallest absolute Gasteiger partial charge is 0.249 e. The van der Waals surface area contributed by atoms with Crippen LogP contribution in [0.3, 0.4) is 0 Å². The number of aromatic nitrogens is 2. The fourth-order valence-electron chi connectivity index (χ4n) is 3.24. The number of nitrogens with zero attached hydrogens (tertiary/aromatic N) is 3. The zero-order chi connectivity index (χ0) is 21.5. The number of carbonyl (C=O) groups is 1. The summed E-state index contributed by atoms with van der Waals surface area (Å²) < 4.78 is 11.6. The van der Waals surface area contributed by atoms with E-state index in [4.69, 9.17) is 20.8 Å². The highest BCUT2D eigenvalue weighted by Crippen LogP contribution is 2.27. The first-order chi connectivity index (χ1) is 14.5. The molecule has 2 aromatic carbocycles. The standard InChI is InChI=1S/C23H26ClN3O3/c1-4-12-27(14-18-13-17(16(3)28)10-11-21(18)29-5-2)15-22-25-26-23(30-22)19-8-6-7-9-20(19)24/h6-11,13H,4-5,12,14-15H2,1-3H3. The van der Waals surface area contributed by atoms with Crippen molar-refractivity contribution in [2.45, 2.75) is 40.3 Å². The van der Waals surface area contributed by atoms with E-state index in [0.29, 0.717) is 47.6 Å². The molecule has 0 atom stereocenters. The Kier molecular flexibility index (Phi) is 7.60. The Morgan fingerprint density at radius 3 is 2.63 bits per heavy atom. The zero-order valence-corrected chi connectivity index (χ0v) is 18.3. The molecule has 0 spiro atoms. The Morgan fingerprint density at radius 2 is 1.93 bits per heavy atom. The van der Waals surface area contributed by atoms with Crippen LogP contribution in [-0.4, -0.2) is 34.0 Å². The SMILES string of the molecule is CCCN(Cc1nnc(-c2ccccc2Cl)o1)Cc1cc(C(C)=O)ccc1OCC. The normalized spacial score (nSPS) is 11.1. The van der Waals surface area contributed by atoms with Crippen LogP contribution < -0.4 is 4.74 Å². The second kappa shape index (κ2) is 10.4. The fraction of sp³-hybridized carbons (Fsp3) is 0.348. The summed E-state index contributed by atoms with van der Waals surface area (Å²) in [5.74, 6) is 1.73. The second-order valence-electron chi connectivity index (χ2n) is 7.00. The third-order valence-electron chi connectivity index (χ3n) is 4.63. The van der Waals surface area contributed by atoms with Crippen LogP contribution in [0, 0.1) is 0 Å². The van der Waals surface area contributed by atoms with Crippen molar-refractivity contribution in [2.75, 3.05) is 13.2 Å². The van der Waals surface area contributed by atoms with Crippen LogP contribution in [0.2, 0.25) is 5.02 Å². The van der Waals surface area contributed by atoms with E-state index >= 15 is 0 Å². The van der Waals surface area contributed by atoms with E-state index in [1.165, 1.54) is 0 Å². The van der Waals surface area contributed by atoms with Gasteiger partial charge in [-0.25, -0.2) is 0 Å². The highest BCUT2D eigenvalue weighted by molar-refractivity contribution is 6.33. The maximum Gasteiger partial charge on any atom is 0.249 e. The van der Waals surface area contributed by atoms with Gasteiger partial charge in [0.25, 0.3) is 0 Å². The minimum Gasteiger partial charge on any atom is -0.494 e. The van der Waals surface area contributed by atoms with Crippen LogP contribution in [0.5, 0.6) is 5.75 Å². The first-order valence-corrected chi connectivity index (χ1v) is 10.5. The molecular formula is C23H26ClN3O3. The third kappa shape index (κ3) is 5.46. The molecule has 30 heavy (non-hydrogen) atoms. The summed E-state index contributed by atoms with van der Waals surface area (Å²) in [4.78, 5) is 14.0. The minimum absolute atomic E-state index is 0.0302. The van der Waals surface area contributed by atoms with Gasteiger partial charge < -0.3 is 9.15 Å². The largest absolute Gasteiger partial charge is 0.494 e. The summed E-state index contributed by atoms with van der Waals surface area (Å²) >= 11 is 6.24. The van der Waals surface area contributed by atoms with Crippen molar-refractivity contribution in [2.24, 2.45) is 0 Å². The lowest BCUT2D eigenvalue weighted by atomic mass is 10.1. The third-order valence-corrected chi connectivity index (χ3v) is 4.96. The van der Waals surface area contributed by atoms with Gasteiger partial charge in [0.1, 0.15) is 5.75 Å². The first-order valence-electron chi connectivity index (χ1n) is 10.1. The van der Waals surface area contributed by atoms with Gasteiger partial charge in [0.05, 0.1) is 23.7 Å².